The summed E-state index contributed by atoms with van der Waals surface area (Å²) >= 11 is 0. The second-order valence-electron chi connectivity index (χ2n) is 5.66. The zero-order valence-corrected chi connectivity index (χ0v) is 14.2. The fraction of sp³-hybridized carbons (Fsp3) is 0.615. The van der Waals surface area contributed by atoms with E-state index in [0.29, 0.717) is 29.6 Å². The fourth-order valence-corrected chi connectivity index (χ4v) is 3.48. The Morgan fingerprint density at radius 2 is 1.95 bits per heavy atom. The summed E-state index contributed by atoms with van der Waals surface area (Å²) in [6.07, 6.45) is 1.52. The molecule has 0 radical (unpaired) electrons. The Hall–Kier alpha value is -1.90. The Morgan fingerprint density at radius 3 is 2.50 bits per heavy atom. The Kier molecular flexibility index (Phi) is 4.55. The highest BCUT2D eigenvalue weighted by Crippen LogP contribution is 2.21. The van der Waals surface area contributed by atoms with Crippen LogP contribution in [-0.2, 0) is 23.5 Å². The minimum atomic E-state index is -3.80. The van der Waals surface area contributed by atoms with Gasteiger partial charge in [0.25, 0.3) is 10.0 Å². The topological polar surface area (TPSA) is 103 Å². The van der Waals surface area contributed by atoms with Crippen molar-refractivity contribution in [1.29, 1.82) is 0 Å². The van der Waals surface area contributed by atoms with E-state index in [1.807, 2.05) is 0 Å². The lowest BCUT2D eigenvalue weighted by Gasteiger charge is -2.04. The summed E-state index contributed by atoms with van der Waals surface area (Å²) in [6, 6.07) is -0.124. The van der Waals surface area contributed by atoms with Crippen LogP contribution in [0.15, 0.2) is 9.31 Å². The third-order valence-electron chi connectivity index (χ3n) is 3.34. The molecular formula is C13H21N5O3S. The zero-order valence-electron chi connectivity index (χ0n) is 13.4. The number of anilines is 1. The highest BCUT2D eigenvalue weighted by atomic mass is 32.2. The van der Waals surface area contributed by atoms with Gasteiger partial charge in [-0.15, -0.1) is 5.10 Å². The standard InChI is InChI=1S/C13H21N5O3S/c1-8(2)6-7-11-14-15-13(21-11)17-22(19,20)12-9(3)16-18(5)10(12)4/h8H,6-7H2,1-5H3,(H,15,17). The van der Waals surface area contributed by atoms with E-state index in [1.165, 1.54) is 4.68 Å². The normalized spacial score (nSPS) is 12.1. The van der Waals surface area contributed by atoms with Gasteiger partial charge in [-0.25, -0.2) is 13.1 Å². The first-order valence-corrected chi connectivity index (χ1v) is 8.54. The average Bonchev–Trinajstić information content (AvgIpc) is 2.92. The summed E-state index contributed by atoms with van der Waals surface area (Å²) in [5.74, 6) is 0.929. The molecule has 0 aliphatic rings. The summed E-state index contributed by atoms with van der Waals surface area (Å²) in [7, 11) is -2.11. The van der Waals surface area contributed by atoms with Crippen LogP contribution < -0.4 is 4.72 Å². The van der Waals surface area contributed by atoms with Gasteiger partial charge in [-0.1, -0.05) is 18.9 Å². The molecule has 2 rings (SSSR count). The van der Waals surface area contributed by atoms with Crippen LogP contribution in [0.3, 0.4) is 0 Å². The van der Waals surface area contributed by atoms with Gasteiger partial charge in [0.05, 0.1) is 11.4 Å². The van der Waals surface area contributed by atoms with E-state index in [4.69, 9.17) is 4.42 Å². The molecule has 0 saturated heterocycles. The van der Waals surface area contributed by atoms with E-state index in [0.717, 1.165) is 6.42 Å². The Bertz CT molecular complexity index is 761. The summed E-state index contributed by atoms with van der Waals surface area (Å²) < 4.78 is 34.1. The number of hydrogen-bond acceptors (Lipinski definition) is 6. The van der Waals surface area contributed by atoms with Gasteiger partial charge in [-0.2, -0.15) is 5.10 Å². The Balaban J connectivity index is 2.19. The molecule has 2 heterocycles. The zero-order chi connectivity index (χ0) is 16.5. The van der Waals surface area contributed by atoms with Crippen LogP contribution in [0, 0.1) is 19.8 Å². The van der Waals surface area contributed by atoms with Crippen molar-refractivity contribution in [3.63, 3.8) is 0 Å². The summed E-state index contributed by atoms with van der Waals surface area (Å²) in [6.45, 7) is 7.52. The van der Waals surface area contributed by atoms with Crippen molar-refractivity contribution in [2.75, 3.05) is 4.72 Å². The largest absolute Gasteiger partial charge is 0.407 e. The van der Waals surface area contributed by atoms with Gasteiger partial charge >= 0.3 is 6.01 Å². The maximum atomic E-state index is 12.4. The molecule has 122 valence electrons. The lowest BCUT2D eigenvalue weighted by atomic mass is 10.1. The molecule has 1 N–H and O–H groups in total. The Morgan fingerprint density at radius 1 is 1.27 bits per heavy atom. The molecule has 0 aromatic carbocycles. The number of aromatic nitrogens is 4. The van der Waals surface area contributed by atoms with E-state index in [-0.39, 0.29) is 10.9 Å². The van der Waals surface area contributed by atoms with Gasteiger partial charge in [-0.3, -0.25) is 4.68 Å². The molecular weight excluding hydrogens is 306 g/mol. The van der Waals surface area contributed by atoms with Crippen LogP contribution in [0.1, 0.15) is 37.5 Å². The monoisotopic (exact) mass is 327 g/mol. The molecule has 0 amide bonds. The number of nitrogens with one attached hydrogen (secondary N) is 1. The highest BCUT2D eigenvalue weighted by molar-refractivity contribution is 7.92. The lowest BCUT2D eigenvalue weighted by Crippen LogP contribution is -2.15. The molecule has 0 fully saturated rings. The summed E-state index contributed by atoms with van der Waals surface area (Å²) in [4.78, 5) is 0.136. The second-order valence-corrected chi connectivity index (χ2v) is 7.28. The van der Waals surface area contributed by atoms with Crippen LogP contribution in [-0.4, -0.2) is 28.4 Å². The molecule has 0 aliphatic carbocycles. The third kappa shape index (κ3) is 3.46. The maximum absolute atomic E-state index is 12.4. The summed E-state index contributed by atoms with van der Waals surface area (Å²) in [5.41, 5.74) is 0.969. The van der Waals surface area contributed by atoms with Gasteiger partial charge in [-0.05, 0) is 26.2 Å². The van der Waals surface area contributed by atoms with Gasteiger partial charge in [0, 0.05) is 13.5 Å². The van der Waals surface area contributed by atoms with Gasteiger partial charge in [0.2, 0.25) is 5.89 Å². The molecule has 9 heteroatoms. The highest BCUT2D eigenvalue weighted by Gasteiger charge is 2.25. The van der Waals surface area contributed by atoms with Gasteiger partial charge < -0.3 is 4.42 Å². The third-order valence-corrected chi connectivity index (χ3v) is 4.91. The van der Waals surface area contributed by atoms with Gasteiger partial charge in [0.15, 0.2) is 0 Å². The molecule has 2 aromatic rings. The van der Waals surface area contributed by atoms with Crippen molar-refractivity contribution in [2.24, 2.45) is 13.0 Å². The van der Waals surface area contributed by atoms with Crippen LogP contribution >= 0.6 is 0 Å². The molecule has 8 nitrogen and oxygen atoms in total. The van der Waals surface area contributed by atoms with E-state index in [2.05, 4.69) is 33.9 Å². The minimum absolute atomic E-state index is 0.124. The van der Waals surface area contributed by atoms with Crippen molar-refractivity contribution in [3.05, 3.63) is 17.3 Å². The molecule has 0 bridgehead atoms. The first kappa shape index (κ1) is 16.5. The molecule has 22 heavy (non-hydrogen) atoms. The quantitative estimate of drug-likeness (QED) is 0.868. The lowest BCUT2D eigenvalue weighted by molar-refractivity contribution is 0.471. The molecule has 0 saturated carbocycles. The van der Waals surface area contributed by atoms with Crippen LogP contribution in [0.5, 0.6) is 0 Å². The first-order valence-electron chi connectivity index (χ1n) is 7.06. The smallest absolute Gasteiger partial charge is 0.329 e. The van der Waals surface area contributed by atoms with Crippen molar-refractivity contribution < 1.29 is 12.8 Å². The molecule has 0 atom stereocenters. The van der Waals surface area contributed by atoms with Crippen molar-refractivity contribution in [3.8, 4) is 0 Å². The SMILES string of the molecule is Cc1nn(C)c(C)c1S(=O)(=O)Nc1nnc(CCC(C)C)o1. The van der Waals surface area contributed by atoms with Crippen molar-refractivity contribution in [2.45, 2.75) is 45.4 Å². The molecule has 0 spiro atoms. The first-order chi connectivity index (χ1) is 10.2. The van der Waals surface area contributed by atoms with Crippen molar-refractivity contribution in [1.82, 2.24) is 20.0 Å². The number of aryl methyl sites for hydroxylation is 3. The minimum Gasteiger partial charge on any atom is -0.407 e. The van der Waals surface area contributed by atoms with Crippen LogP contribution in [0.2, 0.25) is 0 Å². The Labute approximate surface area is 130 Å². The summed E-state index contributed by atoms with van der Waals surface area (Å²) in [5, 5.41) is 11.7. The number of nitrogens with zero attached hydrogens (tertiary/aromatic N) is 4. The molecule has 0 unspecified atom stereocenters. The fourth-order valence-electron chi connectivity index (χ4n) is 2.12. The number of rotatable bonds is 6. The van der Waals surface area contributed by atoms with E-state index < -0.39 is 10.0 Å². The van der Waals surface area contributed by atoms with Crippen molar-refractivity contribution >= 4 is 16.0 Å². The van der Waals surface area contributed by atoms with Crippen LogP contribution in [0.25, 0.3) is 0 Å². The van der Waals surface area contributed by atoms with Gasteiger partial charge in [0.1, 0.15) is 4.90 Å². The van der Waals surface area contributed by atoms with E-state index in [1.54, 1.807) is 20.9 Å². The molecule has 0 aliphatic heterocycles. The predicted molar refractivity (Wildman–Crippen MR) is 80.9 cm³/mol. The average molecular weight is 327 g/mol. The second kappa shape index (κ2) is 6.07. The number of hydrogen-bond donors (Lipinski definition) is 1. The van der Waals surface area contributed by atoms with E-state index >= 15 is 0 Å². The maximum Gasteiger partial charge on any atom is 0.329 e. The van der Waals surface area contributed by atoms with Crippen LogP contribution in [0.4, 0.5) is 6.01 Å². The predicted octanol–water partition coefficient (Wildman–Crippen LogP) is 1.81. The van der Waals surface area contributed by atoms with E-state index in [9.17, 15) is 8.42 Å². The number of sulfonamides is 1. The molecule has 2 aromatic heterocycles.